The van der Waals surface area contributed by atoms with Crippen molar-refractivity contribution in [2.24, 2.45) is 35.0 Å². The Morgan fingerprint density at radius 3 is 1.88 bits per heavy atom. The average molecular weight is 473 g/mol. The van der Waals surface area contributed by atoms with Crippen molar-refractivity contribution >= 4 is 17.7 Å². The Morgan fingerprint density at radius 2 is 1.32 bits per heavy atom. The van der Waals surface area contributed by atoms with Crippen LogP contribution in [0.25, 0.3) is 0 Å². The van der Waals surface area contributed by atoms with Crippen LogP contribution in [-0.2, 0) is 14.4 Å². The summed E-state index contributed by atoms with van der Waals surface area (Å²) in [4.78, 5) is 44.3. The number of nitrogens with one attached hydrogen (secondary N) is 1. The molecule has 6 aliphatic rings. The van der Waals surface area contributed by atoms with Gasteiger partial charge in [-0.05, 0) is 80.0 Å². The lowest BCUT2D eigenvalue weighted by Gasteiger charge is -2.56. The molecule has 4 aliphatic carbocycles. The van der Waals surface area contributed by atoms with Crippen molar-refractivity contribution in [1.82, 2.24) is 20.0 Å². The highest BCUT2D eigenvalue weighted by Crippen LogP contribution is 2.61. The topological polar surface area (TPSA) is 73.0 Å². The Balaban J connectivity index is 1.02. The van der Waals surface area contributed by atoms with Gasteiger partial charge in [-0.3, -0.25) is 19.3 Å². The van der Waals surface area contributed by atoms with E-state index in [4.69, 9.17) is 0 Å². The first-order valence-corrected chi connectivity index (χ1v) is 13.8. The van der Waals surface area contributed by atoms with Crippen LogP contribution in [0.15, 0.2) is 0 Å². The molecule has 0 aromatic rings. The normalized spacial score (nSPS) is 37.6. The summed E-state index contributed by atoms with van der Waals surface area (Å²) in [6, 6.07) is 0. The maximum Gasteiger partial charge on any atom is 0.242 e. The van der Waals surface area contributed by atoms with Crippen LogP contribution in [0.3, 0.4) is 0 Å². The molecule has 3 amide bonds. The molecule has 7 nitrogen and oxygen atoms in total. The van der Waals surface area contributed by atoms with Gasteiger partial charge in [0.15, 0.2) is 0 Å². The van der Waals surface area contributed by atoms with Crippen LogP contribution in [0.1, 0.15) is 65.2 Å². The third-order valence-corrected chi connectivity index (χ3v) is 9.44. The highest BCUT2D eigenvalue weighted by molar-refractivity contribution is 5.85. The van der Waals surface area contributed by atoms with Gasteiger partial charge in [-0.1, -0.05) is 13.8 Å². The third kappa shape index (κ3) is 5.44. The van der Waals surface area contributed by atoms with E-state index in [9.17, 15) is 14.4 Å². The van der Waals surface area contributed by atoms with Gasteiger partial charge in [0, 0.05) is 45.7 Å². The van der Waals surface area contributed by atoms with E-state index >= 15 is 0 Å². The number of rotatable bonds is 6. The summed E-state index contributed by atoms with van der Waals surface area (Å²) in [5.74, 6) is 3.94. The minimum atomic E-state index is 0.00326. The van der Waals surface area contributed by atoms with Gasteiger partial charge in [0.25, 0.3) is 0 Å². The maximum atomic E-state index is 12.8. The molecule has 2 atom stereocenters. The lowest BCUT2D eigenvalue weighted by atomic mass is 9.49. The van der Waals surface area contributed by atoms with E-state index < -0.39 is 0 Å². The summed E-state index contributed by atoms with van der Waals surface area (Å²) in [5.41, 5.74) is 0.212. The molecule has 2 unspecified atom stereocenters. The van der Waals surface area contributed by atoms with Gasteiger partial charge in [-0.15, -0.1) is 0 Å². The van der Waals surface area contributed by atoms with E-state index in [1.807, 2.05) is 9.80 Å². The monoisotopic (exact) mass is 472 g/mol. The summed E-state index contributed by atoms with van der Waals surface area (Å²) in [5, 5.41) is 2.94. The highest BCUT2D eigenvalue weighted by Gasteiger charge is 2.51. The predicted octanol–water partition coefficient (Wildman–Crippen LogP) is 2.36. The first-order chi connectivity index (χ1) is 16.3. The lowest BCUT2D eigenvalue weighted by Crippen LogP contribution is -2.54. The summed E-state index contributed by atoms with van der Waals surface area (Å²) in [6.07, 6.45) is 9.60. The van der Waals surface area contributed by atoms with Crippen LogP contribution >= 0.6 is 0 Å². The Labute approximate surface area is 205 Å². The molecule has 0 spiro atoms. The Hall–Kier alpha value is -1.63. The van der Waals surface area contributed by atoms with Gasteiger partial charge in [-0.25, -0.2) is 0 Å². The van der Waals surface area contributed by atoms with Crippen molar-refractivity contribution < 1.29 is 14.4 Å². The SMILES string of the molecule is CC1CC(C)CN(C(=O)CN2CCN(C(=O)CNC(=O)CC34CC5CC(CC(C5)C3)C4)CC2)C1. The fourth-order valence-corrected chi connectivity index (χ4v) is 8.51. The van der Waals surface area contributed by atoms with Gasteiger partial charge in [0.2, 0.25) is 17.7 Å². The molecule has 6 rings (SSSR count). The maximum absolute atomic E-state index is 12.8. The minimum Gasteiger partial charge on any atom is -0.347 e. The van der Waals surface area contributed by atoms with Crippen LogP contribution in [0.2, 0.25) is 0 Å². The van der Waals surface area contributed by atoms with Gasteiger partial charge >= 0.3 is 0 Å². The molecule has 34 heavy (non-hydrogen) atoms. The zero-order valence-electron chi connectivity index (χ0n) is 21.3. The number of carbonyl (C=O) groups excluding carboxylic acids is 3. The smallest absolute Gasteiger partial charge is 0.242 e. The molecule has 0 aromatic heterocycles. The van der Waals surface area contributed by atoms with E-state index in [-0.39, 0.29) is 29.7 Å². The molecule has 0 radical (unpaired) electrons. The van der Waals surface area contributed by atoms with Crippen molar-refractivity contribution in [3.8, 4) is 0 Å². The summed E-state index contributed by atoms with van der Waals surface area (Å²) in [6.45, 7) is 9.43. The Morgan fingerprint density at radius 1 is 0.765 bits per heavy atom. The van der Waals surface area contributed by atoms with Crippen molar-refractivity contribution in [3.63, 3.8) is 0 Å². The van der Waals surface area contributed by atoms with E-state index in [2.05, 4.69) is 24.1 Å². The van der Waals surface area contributed by atoms with Gasteiger partial charge < -0.3 is 15.1 Å². The van der Waals surface area contributed by atoms with Crippen LogP contribution in [-0.4, -0.2) is 84.8 Å². The van der Waals surface area contributed by atoms with Crippen LogP contribution < -0.4 is 5.32 Å². The number of hydrogen-bond donors (Lipinski definition) is 1. The predicted molar refractivity (Wildman–Crippen MR) is 131 cm³/mol. The summed E-state index contributed by atoms with van der Waals surface area (Å²) < 4.78 is 0. The molecule has 2 aliphatic heterocycles. The minimum absolute atomic E-state index is 0.00326. The summed E-state index contributed by atoms with van der Waals surface area (Å²) >= 11 is 0. The fraction of sp³-hybridized carbons (Fsp3) is 0.889. The number of amides is 3. The Bertz CT molecular complexity index is 745. The second-order valence-corrected chi connectivity index (χ2v) is 12.8. The zero-order chi connectivity index (χ0) is 23.9. The van der Waals surface area contributed by atoms with E-state index in [1.54, 1.807) is 0 Å². The number of piperazine rings is 1. The number of nitrogens with zero attached hydrogens (tertiary/aromatic N) is 3. The molecule has 2 heterocycles. The first kappa shape index (κ1) is 24.1. The second-order valence-electron chi connectivity index (χ2n) is 12.8. The quantitative estimate of drug-likeness (QED) is 0.644. The van der Waals surface area contributed by atoms with Crippen LogP contribution in [0.4, 0.5) is 0 Å². The molecule has 190 valence electrons. The fourth-order valence-electron chi connectivity index (χ4n) is 8.51. The largest absolute Gasteiger partial charge is 0.347 e. The van der Waals surface area contributed by atoms with Gasteiger partial charge in [0.05, 0.1) is 13.1 Å². The third-order valence-electron chi connectivity index (χ3n) is 9.44. The molecular formula is C27H44N4O3. The molecule has 6 fully saturated rings. The van der Waals surface area contributed by atoms with E-state index in [0.717, 1.165) is 43.9 Å². The second kappa shape index (κ2) is 9.79. The van der Waals surface area contributed by atoms with Crippen molar-refractivity contribution in [2.75, 3.05) is 52.4 Å². The molecule has 4 bridgehead atoms. The highest BCUT2D eigenvalue weighted by atomic mass is 16.2. The summed E-state index contributed by atoms with van der Waals surface area (Å²) in [7, 11) is 0. The van der Waals surface area contributed by atoms with E-state index in [0.29, 0.717) is 37.9 Å². The van der Waals surface area contributed by atoms with Crippen molar-refractivity contribution in [2.45, 2.75) is 65.2 Å². The van der Waals surface area contributed by atoms with E-state index in [1.165, 1.54) is 44.9 Å². The van der Waals surface area contributed by atoms with Gasteiger partial charge in [0.1, 0.15) is 0 Å². The molecule has 0 aromatic carbocycles. The lowest BCUT2D eigenvalue weighted by molar-refractivity contribution is -0.138. The zero-order valence-corrected chi connectivity index (χ0v) is 21.3. The number of carbonyl (C=O) groups is 3. The number of likely N-dealkylation sites (tertiary alicyclic amines) is 1. The van der Waals surface area contributed by atoms with Gasteiger partial charge in [-0.2, -0.15) is 0 Å². The number of piperidine rings is 1. The molecule has 7 heteroatoms. The Kier molecular flexibility index (Phi) is 6.93. The molecule has 1 N–H and O–H groups in total. The average Bonchev–Trinajstić information content (AvgIpc) is 2.76. The van der Waals surface area contributed by atoms with Crippen LogP contribution in [0.5, 0.6) is 0 Å². The number of hydrogen-bond acceptors (Lipinski definition) is 4. The van der Waals surface area contributed by atoms with Crippen LogP contribution in [0, 0.1) is 35.0 Å². The first-order valence-electron chi connectivity index (χ1n) is 13.8. The van der Waals surface area contributed by atoms with Crippen molar-refractivity contribution in [3.05, 3.63) is 0 Å². The molecule has 2 saturated heterocycles. The van der Waals surface area contributed by atoms with Crippen molar-refractivity contribution in [1.29, 1.82) is 0 Å². The standard InChI is InChI=1S/C27H44N4O3/c1-19-7-20(2)17-31(16-19)26(34)18-29-3-5-30(6-4-29)25(33)15-28-24(32)14-27-11-21-8-22(12-27)10-23(9-21)13-27/h19-23H,3-18H2,1-2H3,(H,28,32). The molecule has 4 saturated carbocycles. The molecular weight excluding hydrogens is 428 g/mol.